The highest BCUT2D eigenvalue weighted by molar-refractivity contribution is 5.93. The number of aromatic nitrogens is 5. The molecule has 0 aliphatic heterocycles. The van der Waals surface area contributed by atoms with Crippen LogP contribution in [-0.2, 0) is 0 Å². The normalized spacial score (nSPS) is 12.7. The number of hydrogen-bond acceptors (Lipinski definition) is 5. The van der Waals surface area contributed by atoms with Crippen molar-refractivity contribution in [3.8, 4) is 33.9 Å². The first-order chi connectivity index (χ1) is 18.8. The molecular formula is C33H23N5. The molecular weight excluding hydrogens is 466 g/mol. The molecule has 0 bridgehead atoms. The van der Waals surface area contributed by atoms with Gasteiger partial charge in [-0.1, -0.05) is 84.9 Å². The zero-order chi connectivity index (χ0) is 25.3. The third-order valence-electron chi connectivity index (χ3n) is 6.94. The monoisotopic (exact) mass is 489 g/mol. The molecule has 0 N–H and O–H groups in total. The summed E-state index contributed by atoms with van der Waals surface area (Å²) >= 11 is 0. The van der Waals surface area contributed by atoms with E-state index in [0.29, 0.717) is 17.5 Å². The minimum Gasteiger partial charge on any atom is -0.257 e. The number of nitrogens with zero attached hydrogens (tertiary/aromatic N) is 5. The van der Waals surface area contributed by atoms with Gasteiger partial charge in [-0.25, -0.2) is 15.0 Å². The lowest BCUT2D eigenvalue weighted by molar-refractivity contribution is 0.972. The van der Waals surface area contributed by atoms with Gasteiger partial charge in [-0.05, 0) is 42.2 Å². The Labute approximate surface area is 220 Å². The van der Waals surface area contributed by atoms with E-state index in [-0.39, 0.29) is 0 Å². The van der Waals surface area contributed by atoms with Crippen LogP contribution in [0.15, 0.2) is 109 Å². The number of rotatable bonds is 4. The molecule has 0 atom stereocenters. The Kier molecular flexibility index (Phi) is 5.52. The number of benzene rings is 3. The van der Waals surface area contributed by atoms with Crippen LogP contribution in [0.5, 0.6) is 0 Å². The minimum atomic E-state index is 0.642. The lowest BCUT2D eigenvalue weighted by Gasteiger charge is -2.13. The summed E-state index contributed by atoms with van der Waals surface area (Å²) in [5, 5.41) is 3.08. The van der Waals surface area contributed by atoms with Gasteiger partial charge in [0.2, 0.25) is 0 Å². The van der Waals surface area contributed by atoms with Crippen LogP contribution in [0.3, 0.4) is 0 Å². The second-order valence-electron chi connectivity index (χ2n) is 9.28. The maximum absolute atomic E-state index is 5.04. The van der Waals surface area contributed by atoms with Gasteiger partial charge < -0.3 is 0 Å². The SMILES string of the molecule is C1=c2ncccc2=C(c2nc(-c3ccc(-c4ccccc4)cc3)nc(-c3cccc4ncccc34)n2)CC1. The van der Waals surface area contributed by atoms with Crippen molar-refractivity contribution in [3.63, 3.8) is 0 Å². The quantitative estimate of drug-likeness (QED) is 0.323. The number of fused-ring (bicyclic) bond motifs is 2. The van der Waals surface area contributed by atoms with Gasteiger partial charge in [0.1, 0.15) is 0 Å². The lowest BCUT2D eigenvalue weighted by Crippen LogP contribution is -2.32. The standard InChI is InChI=1S/C33H23N5/c1-2-8-22(9-3-1)23-16-18-24(19-17-23)31-36-32(27-10-4-14-29-25(27)12-6-20-34-29)38-33(37-31)28-11-5-15-30-26(28)13-7-21-35-30/h1-4,6-10,12-21H,5,11H2. The predicted molar refractivity (Wildman–Crippen MR) is 151 cm³/mol. The van der Waals surface area contributed by atoms with E-state index in [1.165, 1.54) is 5.56 Å². The van der Waals surface area contributed by atoms with Gasteiger partial charge in [0.05, 0.1) is 10.9 Å². The second-order valence-corrected chi connectivity index (χ2v) is 9.28. The Balaban J connectivity index is 1.44. The van der Waals surface area contributed by atoms with Crippen LogP contribution in [0.2, 0.25) is 0 Å². The molecule has 0 amide bonds. The highest BCUT2D eigenvalue weighted by Gasteiger charge is 2.17. The van der Waals surface area contributed by atoms with Crippen LogP contribution in [0.25, 0.3) is 56.5 Å². The van der Waals surface area contributed by atoms with Crippen molar-refractivity contribution in [1.82, 2.24) is 24.9 Å². The summed E-state index contributed by atoms with van der Waals surface area (Å²) < 4.78 is 0. The van der Waals surface area contributed by atoms with Crippen LogP contribution in [-0.4, -0.2) is 24.9 Å². The largest absolute Gasteiger partial charge is 0.257 e. The Hall–Kier alpha value is -5.03. The molecule has 6 aromatic rings. The summed E-state index contributed by atoms with van der Waals surface area (Å²) in [5.41, 5.74) is 6.23. The molecule has 3 aromatic carbocycles. The summed E-state index contributed by atoms with van der Waals surface area (Å²) in [4.78, 5) is 24.2. The molecule has 38 heavy (non-hydrogen) atoms. The average molecular weight is 490 g/mol. The van der Waals surface area contributed by atoms with Gasteiger partial charge in [-0.2, -0.15) is 0 Å². The van der Waals surface area contributed by atoms with Crippen molar-refractivity contribution in [2.75, 3.05) is 0 Å². The zero-order valence-corrected chi connectivity index (χ0v) is 20.6. The molecule has 1 aliphatic rings. The number of pyridine rings is 2. The van der Waals surface area contributed by atoms with Crippen LogP contribution >= 0.6 is 0 Å². The van der Waals surface area contributed by atoms with Gasteiger partial charge in [0, 0.05) is 39.7 Å². The highest BCUT2D eigenvalue weighted by Crippen LogP contribution is 2.29. The molecule has 1 aliphatic carbocycles. The van der Waals surface area contributed by atoms with Crippen molar-refractivity contribution < 1.29 is 0 Å². The maximum atomic E-state index is 5.04. The molecule has 3 heterocycles. The van der Waals surface area contributed by atoms with Gasteiger partial charge >= 0.3 is 0 Å². The van der Waals surface area contributed by atoms with E-state index >= 15 is 0 Å². The van der Waals surface area contributed by atoms with Crippen LogP contribution < -0.4 is 10.6 Å². The summed E-state index contributed by atoms with van der Waals surface area (Å²) in [7, 11) is 0. The third-order valence-corrected chi connectivity index (χ3v) is 6.94. The summed E-state index contributed by atoms with van der Waals surface area (Å²) in [6.45, 7) is 0. The van der Waals surface area contributed by atoms with Crippen molar-refractivity contribution in [1.29, 1.82) is 0 Å². The van der Waals surface area contributed by atoms with Gasteiger partial charge in [-0.3, -0.25) is 9.97 Å². The van der Waals surface area contributed by atoms with Crippen molar-refractivity contribution in [3.05, 3.63) is 126 Å². The van der Waals surface area contributed by atoms with Crippen molar-refractivity contribution in [2.45, 2.75) is 12.8 Å². The topological polar surface area (TPSA) is 64.5 Å². The van der Waals surface area contributed by atoms with E-state index in [4.69, 9.17) is 15.0 Å². The van der Waals surface area contributed by atoms with E-state index in [2.05, 4.69) is 82.8 Å². The fraction of sp³-hybridized carbons (Fsp3) is 0.0606. The first-order valence-corrected chi connectivity index (χ1v) is 12.7. The molecule has 5 heteroatoms. The second kappa shape index (κ2) is 9.45. The Morgan fingerprint density at radius 1 is 0.526 bits per heavy atom. The highest BCUT2D eigenvalue weighted by atomic mass is 15.0. The van der Waals surface area contributed by atoms with Crippen molar-refractivity contribution in [2.24, 2.45) is 0 Å². The van der Waals surface area contributed by atoms with E-state index in [1.807, 2.05) is 42.7 Å². The molecule has 7 rings (SSSR count). The van der Waals surface area contributed by atoms with Crippen molar-refractivity contribution >= 4 is 22.6 Å². The zero-order valence-electron chi connectivity index (χ0n) is 20.6. The summed E-state index contributed by atoms with van der Waals surface area (Å²) in [5.74, 6) is 1.99. The van der Waals surface area contributed by atoms with E-state index in [9.17, 15) is 0 Å². The van der Waals surface area contributed by atoms with Gasteiger partial charge in [0.25, 0.3) is 0 Å². The molecule has 0 saturated carbocycles. The van der Waals surface area contributed by atoms with E-state index < -0.39 is 0 Å². The first-order valence-electron chi connectivity index (χ1n) is 12.7. The maximum Gasteiger partial charge on any atom is 0.164 e. The molecule has 3 aromatic heterocycles. The smallest absolute Gasteiger partial charge is 0.164 e. The summed E-state index contributed by atoms with van der Waals surface area (Å²) in [6, 6.07) is 33.0. The Morgan fingerprint density at radius 3 is 2.16 bits per heavy atom. The van der Waals surface area contributed by atoms with Crippen LogP contribution in [0.4, 0.5) is 0 Å². The number of hydrogen-bond donors (Lipinski definition) is 0. The first kappa shape index (κ1) is 22.2. The molecule has 0 radical (unpaired) electrons. The lowest BCUT2D eigenvalue weighted by atomic mass is 10.0. The Bertz CT molecular complexity index is 1910. The fourth-order valence-electron chi connectivity index (χ4n) is 5.06. The molecule has 0 saturated heterocycles. The van der Waals surface area contributed by atoms with E-state index in [0.717, 1.165) is 56.6 Å². The Morgan fingerprint density at radius 2 is 1.26 bits per heavy atom. The minimum absolute atomic E-state index is 0.642. The average Bonchev–Trinajstić information content (AvgIpc) is 3.01. The third kappa shape index (κ3) is 4.04. The van der Waals surface area contributed by atoms with Crippen LogP contribution in [0, 0.1) is 0 Å². The molecule has 180 valence electrons. The van der Waals surface area contributed by atoms with Crippen LogP contribution in [0.1, 0.15) is 18.7 Å². The van der Waals surface area contributed by atoms with Gasteiger partial charge in [-0.15, -0.1) is 0 Å². The molecule has 0 spiro atoms. The fourth-order valence-corrected chi connectivity index (χ4v) is 5.06. The molecule has 0 fully saturated rings. The van der Waals surface area contributed by atoms with Gasteiger partial charge in [0.15, 0.2) is 17.5 Å². The predicted octanol–water partition coefficient (Wildman–Crippen LogP) is 5.59. The molecule has 0 unspecified atom stereocenters. The molecule has 5 nitrogen and oxygen atoms in total. The van der Waals surface area contributed by atoms with E-state index in [1.54, 1.807) is 0 Å². The summed E-state index contributed by atoms with van der Waals surface area (Å²) in [6.07, 6.45) is 7.58.